The highest BCUT2D eigenvalue weighted by molar-refractivity contribution is 5.05. The van der Waals surface area contributed by atoms with E-state index in [0.717, 1.165) is 30.6 Å². The molecule has 1 saturated carbocycles. The van der Waals surface area contributed by atoms with Gasteiger partial charge >= 0.3 is 0 Å². The van der Waals surface area contributed by atoms with Crippen molar-refractivity contribution in [3.8, 4) is 0 Å². The average molecular weight is 277 g/mol. The first kappa shape index (κ1) is 14.1. The van der Waals surface area contributed by atoms with Crippen LogP contribution in [-0.2, 0) is 0 Å². The van der Waals surface area contributed by atoms with E-state index >= 15 is 0 Å². The first-order valence-corrected chi connectivity index (χ1v) is 8.34. The third-order valence-electron chi connectivity index (χ3n) is 5.21. The smallest absolute Gasteiger partial charge is 0.231 e. The zero-order valence-corrected chi connectivity index (χ0v) is 12.8. The van der Waals surface area contributed by atoms with Gasteiger partial charge in [0.25, 0.3) is 0 Å². The molecule has 2 atom stereocenters. The lowest BCUT2D eigenvalue weighted by atomic mass is 9.80. The predicted molar refractivity (Wildman–Crippen MR) is 78.7 cm³/mol. The third kappa shape index (κ3) is 2.90. The fourth-order valence-electron chi connectivity index (χ4n) is 3.88. The van der Waals surface area contributed by atoms with Gasteiger partial charge in [0.1, 0.15) is 0 Å². The van der Waals surface area contributed by atoms with Gasteiger partial charge in [-0.25, -0.2) is 0 Å². The Balaban J connectivity index is 1.60. The maximum absolute atomic E-state index is 5.55. The minimum Gasteiger partial charge on any atom is -0.339 e. The summed E-state index contributed by atoms with van der Waals surface area (Å²) in [7, 11) is 0. The van der Waals surface area contributed by atoms with Gasteiger partial charge in [-0.3, -0.25) is 0 Å². The number of hydrogen-bond acceptors (Lipinski definition) is 4. The first-order chi connectivity index (χ1) is 9.78. The normalized spacial score (nSPS) is 34.5. The molecule has 1 N–H and O–H groups in total. The molecule has 2 unspecified atom stereocenters. The molecule has 1 aromatic rings. The van der Waals surface area contributed by atoms with Crippen LogP contribution in [0.3, 0.4) is 0 Å². The highest BCUT2D eigenvalue weighted by Crippen LogP contribution is 2.37. The van der Waals surface area contributed by atoms with E-state index in [-0.39, 0.29) is 0 Å². The summed E-state index contributed by atoms with van der Waals surface area (Å²) in [5.74, 6) is 3.70. The Morgan fingerprint density at radius 1 is 1.20 bits per heavy atom. The molecule has 0 aromatic carbocycles. The molecule has 2 aliphatic rings. The molecule has 1 aliphatic carbocycles. The van der Waals surface area contributed by atoms with Gasteiger partial charge in [0.15, 0.2) is 5.82 Å². The van der Waals surface area contributed by atoms with E-state index in [4.69, 9.17) is 9.51 Å². The second-order valence-electron chi connectivity index (χ2n) is 6.64. The molecular formula is C16H27N3O. The molecule has 2 heterocycles. The van der Waals surface area contributed by atoms with Crippen molar-refractivity contribution in [2.24, 2.45) is 5.92 Å². The predicted octanol–water partition coefficient (Wildman–Crippen LogP) is 3.61. The number of nitrogens with zero attached hydrogens (tertiary/aromatic N) is 2. The molecule has 0 radical (unpaired) electrons. The number of hydrogen-bond donors (Lipinski definition) is 1. The van der Waals surface area contributed by atoms with E-state index in [1.807, 2.05) is 0 Å². The fourth-order valence-corrected chi connectivity index (χ4v) is 3.88. The van der Waals surface area contributed by atoms with E-state index in [1.54, 1.807) is 0 Å². The summed E-state index contributed by atoms with van der Waals surface area (Å²) in [6, 6.07) is 0.462. The van der Waals surface area contributed by atoms with Crippen molar-refractivity contribution in [3.63, 3.8) is 0 Å². The molecule has 112 valence electrons. The summed E-state index contributed by atoms with van der Waals surface area (Å²) >= 11 is 0. The van der Waals surface area contributed by atoms with Crippen LogP contribution in [0, 0.1) is 5.92 Å². The van der Waals surface area contributed by atoms with Crippen LogP contribution >= 0.6 is 0 Å². The number of aromatic nitrogens is 2. The van der Waals surface area contributed by atoms with E-state index in [2.05, 4.69) is 24.3 Å². The van der Waals surface area contributed by atoms with Gasteiger partial charge in [-0.05, 0) is 51.5 Å². The molecule has 3 rings (SSSR count). The Kier molecular flexibility index (Phi) is 4.39. The lowest BCUT2D eigenvalue weighted by Crippen LogP contribution is -2.21. The minimum absolute atomic E-state index is 0.410. The van der Waals surface area contributed by atoms with E-state index < -0.39 is 0 Å². The second-order valence-corrected chi connectivity index (χ2v) is 6.64. The van der Waals surface area contributed by atoms with E-state index in [0.29, 0.717) is 17.9 Å². The first-order valence-electron chi connectivity index (χ1n) is 8.34. The van der Waals surface area contributed by atoms with Crippen molar-refractivity contribution in [3.05, 3.63) is 11.7 Å². The molecule has 1 saturated heterocycles. The van der Waals surface area contributed by atoms with Gasteiger partial charge in [-0.1, -0.05) is 24.9 Å². The molecule has 0 spiro atoms. The largest absolute Gasteiger partial charge is 0.339 e. The van der Waals surface area contributed by atoms with E-state index in [9.17, 15) is 0 Å². The summed E-state index contributed by atoms with van der Waals surface area (Å²) in [6.45, 7) is 5.55. The fraction of sp³-hybridized carbons (Fsp3) is 0.875. The maximum Gasteiger partial charge on any atom is 0.231 e. The Bertz CT molecular complexity index is 423. The van der Waals surface area contributed by atoms with Gasteiger partial charge in [-0.15, -0.1) is 0 Å². The standard InChI is InChI=1S/C16H27N3O/c1-3-4-12-5-7-13(8-6-12)15-18-16(20-19-15)14-9-10-17-11(14)2/h11-14,17H,3-10H2,1-2H3. The lowest BCUT2D eigenvalue weighted by Gasteiger charge is -2.26. The van der Waals surface area contributed by atoms with Crippen molar-refractivity contribution in [2.75, 3.05) is 6.54 Å². The van der Waals surface area contributed by atoms with Crippen LogP contribution in [-0.4, -0.2) is 22.7 Å². The van der Waals surface area contributed by atoms with Crippen molar-refractivity contribution < 1.29 is 4.52 Å². The summed E-state index contributed by atoms with van der Waals surface area (Å²) in [5, 5.41) is 7.72. The topological polar surface area (TPSA) is 51.0 Å². The van der Waals surface area contributed by atoms with Gasteiger partial charge in [0, 0.05) is 12.0 Å². The van der Waals surface area contributed by atoms with Crippen LogP contribution in [0.15, 0.2) is 4.52 Å². The van der Waals surface area contributed by atoms with E-state index in [1.165, 1.54) is 38.5 Å². The zero-order valence-electron chi connectivity index (χ0n) is 12.8. The Hall–Kier alpha value is -0.900. The molecule has 0 bridgehead atoms. The summed E-state index contributed by atoms with van der Waals surface area (Å²) < 4.78 is 5.55. The monoisotopic (exact) mass is 277 g/mol. The summed E-state index contributed by atoms with van der Waals surface area (Å²) in [4.78, 5) is 4.72. The molecule has 0 amide bonds. The molecule has 20 heavy (non-hydrogen) atoms. The zero-order chi connectivity index (χ0) is 13.9. The molecule has 4 nitrogen and oxygen atoms in total. The van der Waals surface area contributed by atoms with Crippen LogP contribution in [0.4, 0.5) is 0 Å². The van der Waals surface area contributed by atoms with Crippen LogP contribution in [0.25, 0.3) is 0 Å². The summed E-state index contributed by atoms with van der Waals surface area (Å²) in [5.41, 5.74) is 0. The van der Waals surface area contributed by atoms with Gasteiger partial charge in [0.05, 0.1) is 5.92 Å². The maximum atomic E-state index is 5.55. The molecule has 2 fully saturated rings. The number of nitrogens with one attached hydrogen (secondary N) is 1. The molecule has 1 aliphatic heterocycles. The Labute approximate surface area is 121 Å². The highest BCUT2D eigenvalue weighted by atomic mass is 16.5. The SMILES string of the molecule is CCCC1CCC(c2noc(C3CCNC3C)n2)CC1. The van der Waals surface area contributed by atoms with Crippen molar-refractivity contribution in [2.45, 2.75) is 76.7 Å². The average Bonchev–Trinajstić information content (AvgIpc) is 3.08. The summed E-state index contributed by atoms with van der Waals surface area (Å²) in [6.07, 6.45) is 8.97. The molecular weight excluding hydrogens is 250 g/mol. The lowest BCUT2D eigenvalue weighted by molar-refractivity contribution is 0.293. The van der Waals surface area contributed by atoms with Crippen LogP contribution in [0.5, 0.6) is 0 Å². The van der Waals surface area contributed by atoms with Crippen LogP contribution in [0.1, 0.15) is 82.3 Å². The highest BCUT2D eigenvalue weighted by Gasteiger charge is 2.31. The van der Waals surface area contributed by atoms with Crippen molar-refractivity contribution in [1.82, 2.24) is 15.5 Å². The second kappa shape index (κ2) is 6.25. The van der Waals surface area contributed by atoms with Crippen LogP contribution < -0.4 is 5.32 Å². The molecule has 1 aromatic heterocycles. The Morgan fingerprint density at radius 2 is 2.00 bits per heavy atom. The number of rotatable bonds is 4. The minimum atomic E-state index is 0.410. The van der Waals surface area contributed by atoms with Crippen molar-refractivity contribution in [1.29, 1.82) is 0 Å². The van der Waals surface area contributed by atoms with Gasteiger partial charge < -0.3 is 9.84 Å². The molecule has 4 heteroatoms. The van der Waals surface area contributed by atoms with Crippen molar-refractivity contribution >= 4 is 0 Å². The van der Waals surface area contributed by atoms with Crippen LogP contribution in [0.2, 0.25) is 0 Å². The Morgan fingerprint density at radius 3 is 2.65 bits per heavy atom. The third-order valence-corrected chi connectivity index (χ3v) is 5.21. The van der Waals surface area contributed by atoms with Gasteiger partial charge in [-0.2, -0.15) is 4.98 Å². The van der Waals surface area contributed by atoms with Gasteiger partial charge in [0.2, 0.25) is 5.89 Å². The quantitative estimate of drug-likeness (QED) is 0.913.